The number of carbonyl (C=O) groups is 1. The molecule has 0 aliphatic carbocycles. The summed E-state index contributed by atoms with van der Waals surface area (Å²) in [7, 11) is 0. The minimum absolute atomic E-state index is 0.488. The fourth-order valence-corrected chi connectivity index (χ4v) is 1.31. The van der Waals surface area contributed by atoms with Gasteiger partial charge >= 0.3 is 0 Å². The molecule has 0 bridgehead atoms. The van der Waals surface area contributed by atoms with E-state index in [2.05, 4.69) is 5.32 Å². The lowest BCUT2D eigenvalue weighted by Gasteiger charge is -2.13. The van der Waals surface area contributed by atoms with E-state index in [0.29, 0.717) is 32.6 Å². The highest BCUT2D eigenvalue weighted by atomic mass is 16.3. The third-order valence-corrected chi connectivity index (χ3v) is 1.99. The van der Waals surface area contributed by atoms with Crippen LogP contribution in [-0.2, 0) is 4.79 Å². The van der Waals surface area contributed by atoms with Crippen molar-refractivity contribution in [2.75, 3.05) is 26.2 Å². The molecule has 5 heteroatoms. The van der Waals surface area contributed by atoms with Crippen LogP contribution in [0.5, 0.6) is 0 Å². The highest BCUT2D eigenvalue weighted by Gasteiger charge is 2.28. The van der Waals surface area contributed by atoms with E-state index in [-0.39, 0.29) is 0 Å². The molecule has 3 N–H and O–H groups in total. The molecule has 70 valence electrons. The lowest BCUT2D eigenvalue weighted by Crippen LogP contribution is -2.30. The number of likely N-dealkylation sites (tertiary alicyclic amines) is 1. The number of β-amino-alcohol motifs (C(OH)–C–C–N with tert-alkyl or cyclic N) is 2. The lowest BCUT2D eigenvalue weighted by molar-refractivity contribution is -0.109. The van der Waals surface area contributed by atoms with Crippen molar-refractivity contribution in [3.8, 4) is 0 Å². The van der Waals surface area contributed by atoms with Crippen LogP contribution in [0.15, 0.2) is 0 Å². The molecule has 12 heavy (non-hydrogen) atoms. The van der Waals surface area contributed by atoms with Crippen LogP contribution in [0.1, 0.15) is 0 Å². The highest BCUT2D eigenvalue weighted by molar-refractivity contribution is 5.45. The summed E-state index contributed by atoms with van der Waals surface area (Å²) < 4.78 is 0. The van der Waals surface area contributed by atoms with Crippen LogP contribution in [0.4, 0.5) is 0 Å². The number of nitrogens with zero attached hydrogens (tertiary/aromatic N) is 1. The molecular weight excluding hydrogens is 160 g/mol. The predicted octanol–water partition coefficient (Wildman–Crippen LogP) is -2.23. The maximum atomic E-state index is 9.88. The molecule has 0 radical (unpaired) electrons. The summed E-state index contributed by atoms with van der Waals surface area (Å²) >= 11 is 0. The number of nitrogens with one attached hydrogen (secondary N) is 1. The maximum Gasteiger partial charge on any atom is 0.207 e. The molecule has 5 nitrogen and oxygen atoms in total. The molecule has 0 saturated carbocycles. The number of hydrogen-bond donors (Lipinski definition) is 3. The van der Waals surface area contributed by atoms with Gasteiger partial charge in [0.1, 0.15) is 0 Å². The third kappa shape index (κ3) is 2.44. The summed E-state index contributed by atoms with van der Waals surface area (Å²) in [5.41, 5.74) is 0. The average molecular weight is 174 g/mol. The second kappa shape index (κ2) is 4.39. The van der Waals surface area contributed by atoms with E-state index < -0.39 is 12.2 Å². The fourth-order valence-electron chi connectivity index (χ4n) is 1.31. The van der Waals surface area contributed by atoms with Crippen LogP contribution >= 0.6 is 0 Å². The zero-order chi connectivity index (χ0) is 8.97. The Hall–Kier alpha value is -0.650. The molecule has 0 aromatic heterocycles. The molecule has 0 spiro atoms. The molecule has 1 aliphatic heterocycles. The second-order valence-corrected chi connectivity index (χ2v) is 2.97. The number of hydrogen-bond acceptors (Lipinski definition) is 4. The first-order chi connectivity index (χ1) is 5.74. The first-order valence-corrected chi connectivity index (χ1v) is 3.99. The van der Waals surface area contributed by atoms with Crippen molar-refractivity contribution in [2.24, 2.45) is 0 Å². The smallest absolute Gasteiger partial charge is 0.207 e. The third-order valence-electron chi connectivity index (χ3n) is 1.99. The Morgan fingerprint density at radius 2 is 2.00 bits per heavy atom. The Balaban J connectivity index is 2.14. The largest absolute Gasteiger partial charge is 0.389 e. The van der Waals surface area contributed by atoms with Gasteiger partial charge in [0.2, 0.25) is 6.41 Å². The van der Waals surface area contributed by atoms with Crippen LogP contribution in [0, 0.1) is 0 Å². The van der Waals surface area contributed by atoms with Gasteiger partial charge in [-0.15, -0.1) is 0 Å². The normalized spacial score (nSPS) is 30.5. The number of aliphatic hydroxyl groups excluding tert-OH is 2. The summed E-state index contributed by atoms with van der Waals surface area (Å²) in [5, 5.41) is 20.8. The lowest BCUT2D eigenvalue weighted by atomic mass is 10.3. The van der Waals surface area contributed by atoms with Gasteiger partial charge < -0.3 is 15.5 Å². The molecule has 1 heterocycles. The van der Waals surface area contributed by atoms with Crippen LogP contribution in [-0.4, -0.2) is 59.9 Å². The van der Waals surface area contributed by atoms with Crippen molar-refractivity contribution in [1.82, 2.24) is 10.2 Å². The molecule has 2 atom stereocenters. The minimum Gasteiger partial charge on any atom is -0.389 e. The van der Waals surface area contributed by atoms with Crippen LogP contribution in [0.2, 0.25) is 0 Å². The van der Waals surface area contributed by atoms with Gasteiger partial charge in [0.05, 0.1) is 12.2 Å². The molecule has 2 unspecified atom stereocenters. The van der Waals surface area contributed by atoms with Gasteiger partial charge in [-0.3, -0.25) is 9.69 Å². The van der Waals surface area contributed by atoms with Crippen LogP contribution in [0.3, 0.4) is 0 Å². The predicted molar refractivity (Wildman–Crippen MR) is 42.5 cm³/mol. The zero-order valence-corrected chi connectivity index (χ0v) is 6.81. The maximum absolute atomic E-state index is 9.88. The molecule has 1 amide bonds. The van der Waals surface area contributed by atoms with Gasteiger partial charge in [-0.1, -0.05) is 0 Å². The Bertz CT molecular complexity index is 144. The number of rotatable bonds is 4. The summed E-state index contributed by atoms with van der Waals surface area (Å²) in [6.45, 7) is 2.21. The summed E-state index contributed by atoms with van der Waals surface area (Å²) in [4.78, 5) is 11.8. The van der Waals surface area contributed by atoms with Gasteiger partial charge in [0.25, 0.3) is 0 Å². The van der Waals surface area contributed by atoms with Gasteiger partial charge in [0.15, 0.2) is 0 Å². The van der Waals surface area contributed by atoms with E-state index in [9.17, 15) is 4.79 Å². The summed E-state index contributed by atoms with van der Waals surface area (Å²) in [5.74, 6) is 0. The van der Waals surface area contributed by atoms with E-state index >= 15 is 0 Å². The number of aliphatic hydroxyl groups is 2. The molecule has 0 aromatic carbocycles. The van der Waals surface area contributed by atoms with Crippen molar-refractivity contribution in [3.05, 3.63) is 0 Å². The van der Waals surface area contributed by atoms with Gasteiger partial charge in [-0.25, -0.2) is 0 Å². The molecule has 1 aliphatic rings. The molecule has 1 rings (SSSR count). The fraction of sp³-hybridized carbons (Fsp3) is 0.857. The van der Waals surface area contributed by atoms with E-state index in [4.69, 9.17) is 10.2 Å². The van der Waals surface area contributed by atoms with Gasteiger partial charge in [-0.2, -0.15) is 0 Å². The van der Waals surface area contributed by atoms with Crippen LogP contribution in [0.25, 0.3) is 0 Å². The monoisotopic (exact) mass is 174 g/mol. The molecule has 1 fully saturated rings. The zero-order valence-electron chi connectivity index (χ0n) is 6.81. The number of carbonyl (C=O) groups excluding carboxylic acids is 1. The van der Waals surface area contributed by atoms with Crippen molar-refractivity contribution >= 4 is 6.41 Å². The Kier molecular flexibility index (Phi) is 3.46. The summed E-state index contributed by atoms with van der Waals surface area (Å²) in [6, 6.07) is 0. The Labute approximate surface area is 71.0 Å². The van der Waals surface area contributed by atoms with Crippen molar-refractivity contribution in [1.29, 1.82) is 0 Å². The SMILES string of the molecule is O=CNCCN1CC(O)C(O)C1. The summed E-state index contributed by atoms with van der Waals surface area (Å²) in [6.07, 6.45) is -0.634. The van der Waals surface area contributed by atoms with E-state index in [1.807, 2.05) is 4.90 Å². The standard InChI is InChI=1S/C7H14N2O3/c10-5-8-1-2-9-3-6(11)7(12)4-9/h5-7,11-12H,1-4H2,(H,8,10). The number of amides is 1. The van der Waals surface area contributed by atoms with Gasteiger partial charge in [-0.05, 0) is 0 Å². The molecule has 1 saturated heterocycles. The van der Waals surface area contributed by atoms with E-state index in [1.54, 1.807) is 0 Å². The average Bonchev–Trinajstić information content (AvgIpc) is 2.32. The van der Waals surface area contributed by atoms with Crippen LogP contribution < -0.4 is 5.32 Å². The Morgan fingerprint density at radius 1 is 1.42 bits per heavy atom. The van der Waals surface area contributed by atoms with Gasteiger partial charge in [0, 0.05) is 26.2 Å². The minimum atomic E-state index is -0.638. The quantitative estimate of drug-likeness (QED) is 0.333. The Morgan fingerprint density at radius 3 is 2.50 bits per heavy atom. The molecule has 0 aromatic rings. The topological polar surface area (TPSA) is 72.8 Å². The second-order valence-electron chi connectivity index (χ2n) is 2.97. The van der Waals surface area contributed by atoms with Crippen molar-refractivity contribution in [2.45, 2.75) is 12.2 Å². The van der Waals surface area contributed by atoms with Crippen molar-refractivity contribution < 1.29 is 15.0 Å². The highest BCUT2D eigenvalue weighted by Crippen LogP contribution is 2.08. The van der Waals surface area contributed by atoms with E-state index in [1.165, 1.54) is 0 Å². The van der Waals surface area contributed by atoms with Crippen molar-refractivity contribution in [3.63, 3.8) is 0 Å². The molecular formula is C7H14N2O3. The first-order valence-electron chi connectivity index (χ1n) is 3.99. The first kappa shape index (κ1) is 9.44. The van der Waals surface area contributed by atoms with E-state index in [0.717, 1.165) is 0 Å².